The molecule has 0 aromatic heterocycles. The number of hydrogen-bond acceptors (Lipinski definition) is 5. The van der Waals surface area contributed by atoms with Crippen molar-refractivity contribution in [1.82, 2.24) is 5.48 Å². The maximum Gasteiger partial charge on any atom is 0.303 e. The zero-order valence-electron chi connectivity index (χ0n) is 13.0. The van der Waals surface area contributed by atoms with E-state index in [1.807, 2.05) is 30.3 Å². The minimum atomic E-state index is -1.43. The first-order valence-electron chi connectivity index (χ1n) is 7.30. The summed E-state index contributed by atoms with van der Waals surface area (Å²) in [5.74, 6) is -0.436. The van der Waals surface area contributed by atoms with Gasteiger partial charge in [0.25, 0.3) is 0 Å². The Balaban J connectivity index is 2.01. The summed E-state index contributed by atoms with van der Waals surface area (Å²) in [7, 11) is 0. The van der Waals surface area contributed by atoms with Crippen LogP contribution in [0.3, 0.4) is 0 Å². The fourth-order valence-corrected chi connectivity index (χ4v) is 2.68. The first-order valence-corrected chi connectivity index (χ1v) is 7.30. The highest BCUT2D eigenvalue weighted by molar-refractivity contribution is 5.66. The Hall–Kier alpha value is -1.50. The Morgan fingerprint density at radius 2 is 2.14 bits per heavy atom. The maximum absolute atomic E-state index is 13.7. The van der Waals surface area contributed by atoms with Crippen molar-refractivity contribution in [3.05, 3.63) is 35.9 Å². The highest BCUT2D eigenvalue weighted by Gasteiger charge is 2.48. The molecule has 1 heterocycles. The Morgan fingerprint density at radius 1 is 1.45 bits per heavy atom. The minimum absolute atomic E-state index is 0.0318. The number of alkyl halides is 1. The van der Waals surface area contributed by atoms with E-state index in [-0.39, 0.29) is 6.42 Å². The number of carbonyl (C=O) groups excluding carboxylic acids is 1. The largest absolute Gasteiger partial charge is 0.458 e. The molecule has 1 aliphatic heterocycles. The second-order valence-electron chi connectivity index (χ2n) is 5.78. The van der Waals surface area contributed by atoms with E-state index < -0.39 is 30.1 Å². The molecule has 0 saturated carbocycles. The molecule has 0 aliphatic carbocycles. The van der Waals surface area contributed by atoms with Crippen molar-refractivity contribution in [2.75, 3.05) is 0 Å². The van der Waals surface area contributed by atoms with Crippen LogP contribution in [0.25, 0.3) is 0 Å². The number of esters is 1. The molecular weight excluding hydrogens is 289 g/mol. The van der Waals surface area contributed by atoms with E-state index in [0.29, 0.717) is 6.61 Å². The first kappa shape index (κ1) is 16.9. The van der Waals surface area contributed by atoms with Crippen LogP contribution in [0.4, 0.5) is 4.39 Å². The van der Waals surface area contributed by atoms with Crippen molar-refractivity contribution in [3.8, 4) is 0 Å². The molecule has 4 atom stereocenters. The number of carbonyl (C=O) groups is 1. The highest BCUT2D eigenvalue weighted by Crippen LogP contribution is 2.32. The van der Waals surface area contributed by atoms with Crippen molar-refractivity contribution in [2.45, 2.75) is 57.9 Å². The predicted octanol–water partition coefficient (Wildman–Crippen LogP) is 2.50. The van der Waals surface area contributed by atoms with Crippen LogP contribution in [0.2, 0.25) is 0 Å². The number of ether oxygens (including phenoxy) is 2. The molecule has 0 amide bonds. The lowest BCUT2D eigenvalue weighted by molar-refractivity contribution is -0.227. The van der Waals surface area contributed by atoms with Gasteiger partial charge >= 0.3 is 5.97 Å². The maximum atomic E-state index is 13.7. The van der Waals surface area contributed by atoms with E-state index in [2.05, 4.69) is 5.48 Å². The van der Waals surface area contributed by atoms with Gasteiger partial charge in [0.1, 0.15) is 6.10 Å². The molecule has 2 rings (SSSR count). The molecule has 5 nitrogen and oxygen atoms in total. The lowest BCUT2D eigenvalue weighted by atomic mass is 9.86. The lowest BCUT2D eigenvalue weighted by Gasteiger charge is -2.44. The number of rotatable bonds is 5. The van der Waals surface area contributed by atoms with Crippen LogP contribution < -0.4 is 5.48 Å². The first-order chi connectivity index (χ1) is 10.4. The van der Waals surface area contributed by atoms with Gasteiger partial charge in [-0.2, -0.15) is 5.48 Å². The van der Waals surface area contributed by atoms with Crippen LogP contribution in [0.15, 0.2) is 30.3 Å². The molecule has 1 saturated heterocycles. The summed E-state index contributed by atoms with van der Waals surface area (Å²) >= 11 is 0. The molecule has 0 bridgehead atoms. The van der Waals surface area contributed by atoms with E-state index >= 15 is 0 Å². The number of nitrogens with one attached hydrogen (secondary N) is 1. The number of benzene rings is 1. The molecule has 122 valence electrons. The topological polar surface area (TPSA) is 56.8 Å². The van der Waals surface area contributed by atoms with Crippen molar-refractivity contribution < 1.29 is 23.5 Å². The van der Waals surface area contributed by atoms with E-state index in [0.717, 1.165) is 5.56 Å². The van der Waals surface area contributed by atoms with Gasteiger partial charge in [-0.3, -0.25) is 9.63 Å². The van der Waals surface area contributed by atoms with Gasteiger partial charge in [-0.25, -0.2) is 4.39 Å². The van der Waals surface area contributed by atoms with Gasteiger partial charge in [0, 0.05) is 13.3 Å². The van der Waals surface area contributed by atoms with Crippen LogP contribution in [0.5, 0.6) is 0 Å². The Morgan fingerprint density at radius 3 is 2.77 bits per heavy atom. The van der Waals surface area contributed by atoms with Gasteiger partial charge in [0.2, 0.25) is 6.36 Å². The summed E-state index contributed by atoms with van der Waals surface area (Å²) in [5, 5.41) is 0. The van der Waals surface area contributed by atoms with E-state index in [1.165, 1.54) is 6.92 Å². The monoisotopic (exact) mass is 311 g/mol. The molecule has 22 heavy (non-hydrogen) atoms. The molecule has 1 aromatic rings. The van der Waals surface area contributed by atoms with Gasteiger partial charge < -0.3 is 9.47 Å². The van der Waals surface area contributed by atoms with Crippen molar-refractivity contribution >= 4 is 5.97 Å². The third kappa shape index (κ3) is 4.25. The molecular formula is C16H22FNO4. The van der Waals surface area contributed by atoms with E-state index in [4.69, 9.17) is 14.3 Å². The zero-order chi connectivity index (χ0) is 16.2. The smallest absolute Gasteiger partial charge is 0.303 e. The standard InChI is InChI=1S/C16H22FNO4/c1-11-15(22-12(2)19)16(3,9-14(17)21-11)18-20-10-13-7-5-4-6-8-13/h4-8,11,14-15,18H,9-10H2,1-3H3/t11-,14+,15-,16+/m0/s1. The van der Waals surface area contributed by atoms with Crippen LogP contribution in [0, 0.1) is 0 Å². The fourth-order valence-electron chi connectivity index (χ4n) is 2.68. The van der Waals surface area contributed by atoms with Gasteiger partial charge in [-0.05, 0) is 19.4 Å². The number of hydroxylamine groups is 1. The number of hydrogen-bond donors (Lipinski definition) is 1. The summed E-state index contributed by atoms with van der Waals surface area (Å²) in [5.41, 5.74) is 2.99. The van der Waals surface area contributed by atoms with Gasteiger partial charge in [-0.1, -0.05) is 30.3 Å². The average molecular weight is 311 g/mol. The molecule has 6 heteroatoms. The third-order valence-corrected chi connectivity index (χ3v) is 3.68. The Bertz CT molecular complexity index is 498. The molecule has 1 aromatic carbocycles. The van der Waals surface area contributed by atoms with E-state index in [1.54, 1.807) is 13.8 Å². The summed E-state index contributed by atoms with van der Waals surface area (Å²) in [6.07, 6.45) is -2.60. The predicted molar refractivity (Wildman–Crippen MR) is 78.4 cm³/mol. The molecule has 1 N–H and O–H groups in total. The zero-order valence-corrected chi connectivity index (χ0v) is 13.0. The second kappa shape index (κ2) is 7.17. The van der Waals surface area contributed by atoms with Crippen LogP contribution in [0.1, 0.15) is 32.8 Å². The van der Waals surface area contributed by atoms with Crippen LogP contribution in [-0.2, 0) is 25.7 Å². The quantitative estimate of drug-likeness (QED) is 0.669. The SMILES string of the molecule is CC(=O)O[C@H]1[C@H](C)O[C@@H](F)C[C@@]1(C)NOCc1ccccc1. The molecule has 0 spiro atoms. The molecule has 1 aliphatic rings. The van der Waals surface area contributed by atoms with Crippen LogP contribution >= 0.6 is 0 Å². The molecule has 1 fully saturated rings. The second-order valence-corrected chi connectivity index (χ2v) is 5.78. The summed E-state index contributed by atoms with van der Waals surface area (Å²) in [4.78, 5) is 16.8. The summed E-state index contributed by atoms with van der Waals surface area (Å²) in [6.45, 7) is 5.09. The third-order valence-electron chi connectivity index (χ3n) is 3.68. The Kier molecular flexibility index (Phi) is 5.50. The summed E-state index contributed by atoms with van der Waals surface area (Å²) < 4.78 is 24.1. The average Bonchev–Trinajstić information content (AvgIpc) is 2.44. The summed E-state index contributed by atoms with van der Waals surface area (Å²) in [6, 6.07) is 9.60. The van der Waals surface area contributed by atoms with Crippen molar-refractivity contribution in [3.63, 3.8) is 0 Å². The minimum Gasteiger partial charge on any atom is -0.458 e. The van der Waals surface area contributed by atoms with Crippen molar-refractivity contribution in [1.29, 1.82) is 0 Å². The van der Waals surface area contributed by atoms with Crippen molar-refractivity contribution in [2.24, 2.45) is 0 Å². The Labute approximate surface area is 129 Å². The highest BCUT2D eigenvalue weighted by atomic mass is 19.1. The van der Waals surface area contributed by atoms with E-state index in [9.17, 15) is 9.18 Å². The van der Waals surface area contributed by atoms with Gasteiger partial charge in [0.15, 0.2) is 0 Å². The number of halogens is 1. The van der Waals surface area contributed by atoms with Gasteiger partial charge in [0.05, 0.1) is 18.2 Å². The lowest BCUT2D eigenvalue weighted by Crippen LogP contribution is -2.62. The normalized spacial score (nSPS) is 31.7. The fraction of sp³-hybridized carbons (Fsp3) is 0.562. The van der Waals surface area contributed by atoms with Gasteiger partial charge in [-0.15, -0.1) is 0 Å². The molecule has 0 unspecified atom stereocenters. The van der Waals surface area contributed by atoms with Crippen LogP contribution in [-0.4, -0.2) is 30.1 Å². The molecule has 0 radical (unpaired) electrons.